The Morgan fingerprint density at radius 2 is 1.57 bits per heavy atom. The van der Waals surface area contributed by atoms with Gasteiger partial charge in [0.15, 0.2) is 0 Å². The van der Waals surface area contributed by atoms with Crippen LogP contribution in [0.3, 0.4) is 0 Å². The molecule has 0 fully saturated rings. The fourth-order valence-electron chi connectivity index (χ4n) is 3.56. The fraction of sp³-hybridized carbons (Fsp3) is 0.276. The van der Waals surface area contributed by atoms with E-state index in [4.69, 9.17) is 16.3 Å². The first kappa shape index (κ1) is 31.0. The van der Waals surface area contributed by atoms with E-state index in [1.54, 1.807) is 64.1 Å². The minimum absolute atomic E-state index is 0.0529. The van der Waals surface area contributed by atoms with E-state index >= 15 is 0 Å². The number of alkyl halides is 2. The van der Waals surface area contributed by atoms with Crippen molar-refractivity contribution in [2.75, 3.05) is 17.2 Å². The first-order valence-electron chi connectivity index (χ1n) is 12.3. The number of hydrogen-bond acceptors (Lipinski definition) is 4. The Morgan fingerprint density at radius 1 is 0.950 bits per heavy atom. The Kier molecular flexibility index (Phi) is 10.3. The second-order valence-electron chi connectivity index (χ2n) is 9.99. The first-order valence-corrected chi connectivity index (χ1v) is 13.4. The Balaban J connectivity index is 1.87. The zero-order chi connectivity index (χ0) is 29.6. The molecule has 0 spiro atoms. The van der Waals surface area contributed by atoms with E-state index in [0.29, 0.717) is 16.8 Å². The maximum atomic E-state index is 13.3. The SMILES string of the molecule is Cc1ccc(CNC(=O)C(C)(C)C)c(Cl)c1C(=O)Nc1ccc(OCC(F)F)c(C(=O)Nc2ccc(Br)cc2)c1. The molecule has 7 nitrogen and oxygen atoms in total. The van der Waals surface area contributed by atoms with Gasteiger partial charge in [-0.3, -0.25) is 14.4 Å². The quantitative estimate of drug-likeness (QED) is 0.231. The standard InChI is InChI=1S/C29H29BrClF2N3O4/c1-16-5-6-17(14-34-28(39)29(2,3)4)25(31)24(16)27(38)36-20-11-12-22(40-15-23(32)33)21(13-20)26(37)35-19-9-7-18(30)8-10-19/h5-13,23H,14-15H2,1-4H3,(H,34,39)(H,35,37)(H,36,38). The van der Waals surface area contributed by atoms with Crippen LogP contribution in [0, 0.1) is 12.3 Å². The summed E-state index contributed by atoms with van der Waals surface area (Å²) < 4.78 is 31.6. The second kappa shape index (κ2) is 13.2. The zero-order valence-corrected chi connectivity index (χ0v) is 24.7. The van der Waals surface area contributed by atoms with E-state index < -0.39 is 30.3 Å². The maximum absolute atomic E-state index is 13.3. The van der Waals surface area contributed by atoms with Gasteiger partial charge < -0.3 is 20.7 Å². The third kappa shape index (κ3) is 8.25. The third-order valence-electron chi connectivity index (χ3n) is 5.73. The van der Waals surface area contributed by atoms with Gasteiger partial charge >= 0.3 is 0 Å². The fourth-order valence-corrected chi connectivity index (χ4v) is 4.19. The molecule has 3 N–H and O–H groups in total. The van der Waals surface area contributed by atoms with Gasteiger partial charge in [-0.15, -0.1) is 0 Å². The molecule has 3 rings (SSSR count). The van der Waals surface area contributed by atoms with Crippen LogP contribution in [0.2, 0.25) is 5.02 Å². The van der Waals surface area contributed by atoms with Crippen LogP contribution in [-0.4, -0.2) is 30.8 Å². The molecule has 11 heteroatoms. The van der Waals surface area contributed by atoms with Crippen molar-refractivity contribution in [3.63, 3.8) is 0 Å². The number of nitrogens with one attached hydrogen (secondary N) is 3. The summed E-state index contributed by atoms with van der Waals surface area (Å²) in [5.74, 6) is -1.41. The summed E-state index contributed by atoms with van der Waals surface area (Å²) >= 11 is 9.90. The van der Waals surface area contributed by atoms with Crippen LogP contribution in [0.15, 0.2) is 59.1 Å². The number of benzene rings is 3. The molecule has 0 saturated heterocycles. The molecule has 0 saturated carbocycles. The van der Waals surface area contributed by atoms with Gasteiger partial charge in [-0.05, 0) is 60.5 Å². The van der Waals surface area contributed by atoms with Crippen molar-refractivity contribution in [3.05, 3.63) is 86.3 Å². The molecule has 0 heterocycles. The molecule has 3 amide bonds. The highest BCUT2D eigenvalue weighted by Gasteiger charge is 2.23. The number of rotatable bonds is 9. The van der Waals surface area contributed by atoms with E-state index in [0.717, 1.165) is 4.47 Å². The van der Waals surface area contributed by atoms with E-state index in [-0.39, 0.29) is 40.0 Å². The van der Waals surface area contributed by atoms with Crippen LogP contribution in [0.5, 0.6) is 5.75 Å². The number of carbonyl (C=O) groups excluding carboxylic acids is 3. The van der Waals surface area contributed by atoms with Gasteiger partial charge in [0.25, 0.3) is 18.2 Å². The Morgan fingerprint density at radius 3 is 2.20 bits per heavy atom. The summed E-state index contributed by atoms with van der Waals surface area (Å²) in [6.45, 7) is 6.31. The molecule has 0 aliphatic heterocycles. The van der Waals surface area contributed by atoms with Crippen LogP contribution in [0.25, 0.3) is 0 Å². The lowest BCUT2D eigenvalue weighted by molar-refractivity contribution is -0.128. The van der Waals surface area contributed by atoms with E-state index in [9.17, 15) is 23.2 Å². The van der Waals surface area contributed by atoms with Gasteiger partial charge in [-0.2, -0.15) is 0 Å². The van der Waals surface area contributed by atoms with Gasteiger partial charge in [0.1, 0.15) is 12.4 Å². The minimum Gasteiger partial charge on any atom is -0.487 e. The minimum atomic E-state index is -2.74. The number of aryl methyl sites for hydroxylation is 1. The molecule has 0 atom stereocenters. The molecule has 3 aromatic rings. The summed E-state index contributed by atoms with van der Waals surface area (Å²) in [7, 11) is 0. The average molecular weight is 637 g/mol. The lowest BCUT2D eigenvalue weighted by Gasteiger charge is -2.19. The second-order valence-corrected chi connectivity index (χ2v) is 11.3. The van der Waals surface area contributed by atoms with Gasteiger partial charge in [0.05, 0.1) is 16.1 Å². The predicted octanol–water partition coefficient (Wildman–Crippen LogP) is 7.22. The predicted molar refractivity (Wildman–Crippen MR) is 155 cm³/mol. The van der Waals surface area contributed by atoms with Gasteiger partial charge in [-0.1, -0.05) is 60.4 Å². The highest BCUT2D eigenvalue weighted by atomic mass is 79.9. The number of hydrogen-bond donors (Lipinski definition) is 3. The Bertz CT molecular complexity index is 1410. The summed E-state index contributed by atoms with van der Waals surface area (Å²) in [6, 6.07) is 14.3. The molecule has 3 aromatic carbocycles. The number of halogens is 4. The highest BCUT2D eigenvalue weighted by molar-refractivity contribution is 9.10. The maximum Gasteiger partial charge on any atom is 0.272 e. The number of amides is 3. The number of carbonyl (C=O) groups is 3. The van der Waals surface area contributed by atoms with Crippen molar-refractivity contribution in [1.82, 2.24) is 5.32 Å². The summed E-state index contributed by atoms with van der Waals surface area (Å²) in [4.78, 5) is 38.6. The van der Waals surface area contributed by atoms with Crippen LogP contribution >= 0.6 is 27.5 Å². The molecule has 0 aliphatic rings. The Labute approximate surface area is 244 Å². The molecule has 40 heavy (non-hydrogen) atoms. The molecule has 0 aliphatic carbocycles. The highest BCUT2D eigenvalue weighted by Crippen LogP contribution is 2.29. The van der Waals surface area contributed by atoms with Crippen molar-refractivity contribution >= 4 is 56.6 Å². The van der Waals surface area contributed by atoms with E-state index in [1.165, 1.54) is 18.2 Å². The normalized spacial score (nSPS) is 11.2. The molecule has 0 bridgehead atoms. The lowest BCUT2D eigenvalue weighted by atomic mass is 9.95. The van der Waals surface area contributed by atoms with Crippen LogP contribution in [0.1, 0.15) is 52.6 Å². The van der Waals surface area contributed by atoms with Gasteiger partial charge in [0, 0.05) is 27.8 Å². The molecule has 0 unspecified atom stereocenters. The van der Waals surface area contributed by atoms with E-state index in [1.807, 2.05) is 0 Å². The van der Waals surface area contributed by atoms with Crippen molar-refractivity contribution in [2.45, 2.75) is 40.7 Å². The van der Waals surface area contributed by atoms with Crippen LogP contribution in [-0.2, 0) is 11.3 Å². The number of ether oxygens (including phenoxy) is 1. The van der Waals surface area contributed by atoms with Crippen molar-refractivity contribution in [1.29, 1.82) is 0 Å². The molecular formula is C29H29BrClF2N3O4. The molecular weight excluding hydrogens is 608 g/mol. The van der Waals surface area contributed by atoms with Crippen molar-refractivity contribution in [3.8, 4) is 5.75 Å². The van der Waals surface area contributed by atoms with Crippen LogP contribution in [0.4, 0.5) is 20.2 Å². The summed E-state index contributed by atoms with van der Waals surface area (Å²) in [6.07, 6.45) is -2.74. The van der Waals surface area contributed by atoms with Gasteiger partial charge in [0.2, 0.25) is 5.91 Å². The Hall–Kier alpha value is -3.50. The largest absolute Gasteiger partial charge is 0.487 e. The number of anilines is 2. The van der Waals surface area contributed by atoms with Crippen LogP contribution < -0.4 is 20.7 Å². The van der Waals surface area contributed by atoms with E-state index in [2.05, 4.69) is 31.9 Å². The molecule has 212 valence electrons. The average Bonchev–Trinajstić information content (AvgIpc) is 2.88. The van der Waals surface area contributed by atoms with Gasteiger partial charge in [-0.25, -0.2) is 8.78 Å². The van der Waals surface area contributed by atoms with Crippen molar-refractivity contribution in [2.24, 2.45) is 5.41 Å². The smallest absolute Gasteiger partial charge is 0.272 e. The zero-order valence-electron chi connectivity index (χ0n) is 22.3. The summed E-state index contributed by atoms with van der Waals surface area (Å²) in [5.41, 5.74) is 1.39. The lowest BCUT2D eigenvalue weighted by Crippen LogP contribution is -2.34. The molecule has 0 radical (unpaired) electrons. The van der Waals surface area contributed by atoms with Crippen molar-refractivity contribution < 1.29 is 27.9 Å². The monoisotopic (exact) mass is 635 g/mol. The molecule has 0 aromatic heterocycles. The first-order chi connectivity index (χ1) is 18.8. The third-order valence-corrected chi connectivity index (χ3v) is 6.69. The topological polar surface area (TPSA) is 96.5 Å². The summed E-state index contributed by atoms with van der Waals surface area (Å²) in [5, 5.41) is 8.40.